The Morgan fingerprint density at radius 1 is 0.923 bits per heavy atom. The van der Waals surface area contributed by atoms with E-state index in [2.05, 4.69) is 6.92 Å². The Labute approximate surface area is 162 Å². The molecule has 1 aromatic carbocycles. The lowest BCUT2D eigenvalue weighted by atomic mass is 10.1. The van der Waals surface area contributed by atoms with Crippen LogP contribution in [0.4, 0.5) is 0 Å². The number of ether oxygens (including phenoxy) is 2. The summed E-state index contributed by atoms with van der Waals surface area (Å²) in [6.07, 6.45) is 9.19. The van der Waals surface area contributed by atoms with Crippen LogP contribution >= 0.6 is 11.6 Å². The summed E-state index contributed by atoms with van der Waals surface area (Å²) < 4.78 is 10.4. The average Bonchev–Trinajstić information content (AvgIpc) is 2.60. The lowest BCUT2D eigenvalue weighted by Gasteiger charge is -2.07. The molecule has 0 saturated carbocycles. The molecule has 0 aromatic heterocycles. The average molecular weight is 383 g/mol. The van der Waals surface area contributed by atoms with Crippen molar-refractivity contribution in [3.8, 4) is 5.75 Å². The fraction of sp³-hybridized carbons (Fsp3) is 0.619. The molecule has 0 bridgehead atoms. The second-order valence-electron chi connectivity index (χ2n) is 6.58. The first-order chi connectivity index (χ1) is 12.5. The van der Waals surface area contributed by atoms with E-state index in [1.54, 1.807) is 18.2 Å². The maximum atomic E-state index is 11.8. The molecule has 0 aliphatic carbocycles. The summed E-state index contributed by atoms with van der Waals surface area (Å²) in [5, 5.41) is 0.633. The van der Waals surface area contributed by atoms with Gasteiger partial charge in [-0.15, -0.1) is 0 Å². The van der Waals surface area contributed by atoms with Crippen LogP contribution in [0.15, 0.2) is 18.2 Å². The van der Waals surface area contributed by atoms with E-state index >= 15 is 0 Å². The first-order valence-electron chi connectivity index (χ1n) is 9.65. The SMILES string of the molecule is CCCCCCCCCOC(=O)CCCC(=O)Oc1ccc(Cl)c(C)c1. The molecule has 0 aliphatic heterocycles. The fourth-order valence-electron chi connectivity index (χ4n) is 2.56. The summed E-state index contributed by atoms with van der Waals surface area (Å²) in [6, 6.07) is 5.07. The Kier molecular flexibility index (Phi) is 11.8. The van der Waals surface area contributed by atoms with Gasteiger partial charge in [0.15, 0.2) is 0 Å². The number of hydrogen-bond acceptors (Lipinski definition) is 4. The van der Waals surface area contributed by atoms with E-state index in [9.17, 15) is 9.59 Å². The molecule has 4 nitrogen and oxygen atoms in total. The molecule has 146 valence electrons. The molecular weight excluding hydrogens is 352 g/mol. The van der Waals surface area contributed by atoms with E-state index in [4.69, 9.17) is 21.1 Å². The van der Waals surface area contributed by atoms with Gasteiger partial charge in [-0.05, 0) is 43.5 Å². The molecule has 1 rings (SSSR count). The molecule has 0 radical (unpaired) electrons. The van der Waals surface area contributed by atoms with Gasteiger partial charge in [-0.1, -0.05) is 57.0 Å². The van der Waals surface area contributed by atoms with Crippen molar-refractivity contribution in [3.05, 3.63) is 28.8 Å². The van der Waals surface area contributed by atoms with Gasteiger partial charge < -0.3 is 9.47 Å². The standard InChI is InChI=1S/C21H31ClO4/c1-3-4-5-6-7-8-9-15-25-20(23)11-10-12-21(24)26-18-13-14-19(22)17(2)16-18/h13-14,16H,3-12,15H2,1-2H3. The highest BCUT2D eigenvalue weighted by atomic mass is 35.5. The van der Waals surface area contributed by atoms with Crippen molar-refractivity contribution in [1.29, 1.82) is 0 Å². The first kappa shape index (κ1) is 22.5. The molecule has 0 amide bonds. The highest BCUT2D eigenvalue weighted by Crippen LogP contribution is 2.21. The zero-order chi connectivity index (χ0) is 19.2. The predicted octanol–water partition coefficient (Wildman–Crippen LogP) is 6.02. The molecular formula is C21H31ClO4. The van der Waals surface area contributed by atoms with Crippen LogP contribution in [0.5, 0.6) is 5.75 Å². The molecule has 0 fully saturated rings. The number of aryl methyl sites for hydroxylation is 1. The van der Waals surface area contributed by atoms with E-state index in [0.717, 1.165) is 18.4 Å². The Balaban J connectivity index is 2.04. The van der Waals surface area contributed by atoms with E-state index < -0.39 is 0 Å². The van der Waals surface area contributed by atoms with Crippen molar-refractivity contribution in [2.24, 2.45) is 0 Å². The third kappa shape index (κ3) is 10.4. The summed E-state index contributed by atoms with van der Waals surface area (Å²) in [5.41, 5.74) is 0.853. The topological polar surface area (TPSA) is 52.6 Å². The van der Waals surface area contributed by atoms with Crippen molar-refractivity contribution in [2.75, 3.05) is 6.61 Å². The van der Waals surface area contributed by atoms with Crippen molar-refractivity contribution in [2.45, 2.75) is 78.1 Å². The van der Waals surface area contributed by atoms with Gasteiger partial charge in [0.25, 0.3) is 0 Å². The molecule has 0 unspecified atom stereocenters. The van der Waals surface area contributed by atoms with Crippen LogP contribution in [0.25, 0.3) is 0 Å². The fourth-order valence-corrected chi connectivity index (χ4v) is 2.68. The van der Waals surface area contributed by atoms with Crippen LogP contribution in [-0.4, -0.2) is 18.5 Å². The smallest absolute Gasteiger partial charge is 0.311 e. The Morgan fingerprint density at radius 2 is 1.58 bits per heavy atom. The van der Waals surface area contributed by atoms with Crippen LogP contribution in [0.3, 0.4) is 0 Å². The molecule has 0 saturated heterocycles. The van der Waals surface area contributed by atoms with Crippen molar-refractivity contribution in [3.63, 3.8) is 0 Å². The maximum Gasteiger partial charge on any atom is 0.311 e. The third-order valence-corrected chi connectivity index (χ3v) is 4.56. The second kappa shape index (κ2) is 13.6. The van der Waals surface area contributed by atoms with Gasteiger partial charge in [0.1, 0.15) is 5.75 Å². The molecule has 0 spiro atoms. The van der Waals surface area contributed by atoms with Crippen LogP contribution in [0.1, 0.15) is 76.7 Å². The number of esters is 2. The number of rotatable bonds is 13. The van der Waals surface area contributed by atoms with Gasteiger partial charge in [-0.2, -0.15) is 0 Å². The number of benzene rings is 1. The number of unbranched alkanes of at least 4 members (excludes halogenated alkanes) is 6. The summed E-state index contributed by atoms with van der Waals surface area (Å²) in [6.45, 7) is 4.53. The van der Waals surface area contributed by atoms with E-state index in [-0.39, 0.29) is 24.8 Å². The highest BCUT2D eigenvalue weighted by molar-refractivity contribution is 6.31. The van der Waals surface area contributed by atoms with E-state index in [1.807, 2.05) is 6.92 Å². The molecule has 5 heteroatoms. The number of carbonyl (C=O) groups excluding carboxylic acids is 2. The molecule has 26 heavy (non-hydrogen) atoms. The van der Waals surface area contributed by atoms with E-state index in [1.165, 1.54) is 32.1 Å². The van der Waals surface area contributed by atoms with Gasteiger partial charge in [-0.25, -0.2) is 0 Å². The number of halogens is 1. The summed E-state index contributed by atoms with van der Waals surface area (Å²) in [5.74, 6) is -0.129. The van der Waals surface area contributed by atoms with Crippen molar-refractivity contribution >= 4 is 23.5 Å². The molecule has 0 aliphatic rings. The summed E-state index contributed by atoms with van der Waals surface area (Å²) >= 11 is 5.93. The second-order valence-corrected chi connectivity index (χ2v) is 6.99. The quantitative estimate of drug-likeness (QED) is 0.238. The highest BCUT2D eigenvalue weighted by Gasteiger charge is 2.09. The van der Waals surface area contributed by atoms with Crippen LogP contribution < -0.4 is 4.74 Å². The largest absolute Gasteiger partial charge is 0.466 e. The van der Waals surface area contributed by atoms with Crippen molar-refractivity contribution in [1.82, 2.24) is 0 Å². The molecule has 0 N–H and O–H groups in total. The normalized spacial score (nSPS) is 10.6. The Hall–Kier alpha value is -1.55. The summed E-state index contributed by atoms with van der Waals surface area (Å²) in [4.78, 5) is 23.4. The third-order valence-electron chi connectivity index (χ3n) is 4.13. The van der Waals surface area contributed by atoms with Gasteiger partial charge in [0.2, 0.25) is 0 Å². The van der Waals surface area contributed by atoms with Crippen LogP contribution in [0, 0.1) is 6.92 Å². The molecule has 1 aromatic rings. The van der Waals surface area contributed by atoms with Crippen LogP contribution in [0.2, 0.25) is 5.02 Å². The Morgan fingerprint density at radius 3 is 2.27 bits per heavy atom. The minimum atomic E-state index is -0.355. The maximum absolute atomic E-state index is 11.8. The monoisotopic (exact) mass is 382 g/mol. The minimum Gasteiger partial charge on any atom is -0.466 e. The molecule has 0 atom stereocenters. The summed E-state index contributed by atoms with van der Waals surface area (Å²) in [7, 11) is 0. The number of carbonyl (C=O) groups is 2. The van der Waals surface area contributed by atoms with E-state index in [0.29, 0.717) is 23.8 Å². The Bertz CT molecular complexity index is 557. The number of hydrogen-bond donors (Lipinski definition) is 0. The predicted molar refractivity (Wildman–Crippen MR) is 105 cm³/mol. The first-order valence-corrected chi connectivity index (χ1v) is 10.0. The van der Waals surface area contributed by atoms with Gasteiger partial charge >= 0.3 is 11.9 Å². The lowest BCUT2D eigenvalue weighted by Crippen LogP contribution is -2.10. The molecule has 0 heterocycles. The van der Waals surface area contributed by atoms with Crippen LogP contribution in [-0.2, 0) is 14.3 Å². The minimum absolute atomic E-state index is 0.189. The zero-order valence-electron chi connectivity index (χ0n) is 16.0. The van der Waals surface area contributed by atoms with Gasteiger partial charge in [0, 0.05) is 17.9 Å². The van der Waals surface area contributed by atoms with Crippen molar-refractivity contribution < 1.29 is 19.1 Å². The van der Waals surface area contributed by atoms with Gasteiger partial charge in [-0.3, -0.25) is 9.59 Å². The lowest BCUT2D eigenvalue weighted by molar-refractivity contribution is -0.144. The zero-order valence-corrected chi connectivity index (χ0v) is 16.8. The van der Waals surface area contributed by atoms with Gasteiger partial charge in [0.05, 0.1) is 6.61 Å².